The molecule has 2 nitrogen and oxygen atoms in total. The van der Waals surface area contributed by atoms with Crippen molar-refractivity contribution in [1.82, 2.24) is 5.32 Å². The SMILES string of the molecule is CCC(CCCl)NC(=O)c1cc(SC)ccc1Cl. The molecule has 0 bridgehead atoms. The van der Waals surface area contributed by atoms with Gasteiger partial charge in [0.2, 0.25) is 0 Å². The first-order valence-corrected chi connectivity index (χ1v) is 7.96. The summed E-state index contributed by atoms with van der Waals surface area (Å²) in [6.45, 7) is 2.03. The Labute approximate surface area is 122 Å². The standard InChI is InChI=1S/C13H17Cl2NOS/c1-3-9(6-7-14)16-13(17)11-8-10(18-2)4-5-12(11)15/h4-5,8-9H,3,6-7H2,1-2H3,(H,16,17). The van der Waals surface area contributed by atoms with Crippen LogP contribution in [0.3, 0.4) is 0 Å². The second-order valence-electron chi connectivity index (χ2n) is 3.90. The molecule has 1 amide bonds. The molecule has 0 aliphatic rings. The van der Waals surface area contributed by atoms with E-state index in [1.807, 2.05) is 25.3 Å². The zero-order chi connectivity index (χ0) is 13.5. The highest BCUT2D eigenvalue weighted by Gasteiger charge is 2.15. The lowest BCUT2D eigenvalue weighted by molar-refractivity contribution is 0.0935. The average molecular weight is 306 g/mol. The normalized spacial score (nSPS) is 12.2. The molecule has 1 aromatic carbocycles. The number of benzene rings is 1. The molecule has 1 rings (SSSR count). The average Bonchev–Trinajstić information content (AvgIpc) is 2.38. The van der Waals surface area contributed by atoms with Gasteiger partial charge >= 0.3 is 0 Å². The van der Waals surface area contributed by atoms with E-state index in [1.165, 1.54) is 0 Å². The van der Waals surface area contributed by atoms with E-state index in [1.54, 1.807) is 17.8 Å². The number of hydrogen-bond acceptors (Lipinski definition) is 2. The first-order chi connectivity index (χ1) is 8.62. The molecule has 18 heavy (non-hydrogen) atoms. The van der Waals surface area contributed by atoms with E-state index < -0.39 is 0 Å². The van der Waals surface area contributed by atoms with E-state index in [4.69, 9.17) is 23.2 Å². The third-order valence-corrected chi connectivity index (χ3v) is 3.98. The van der Waals surface area contributed by atoms with Gasteiger partial charge in [0.25, 0.3) is 5.91 Å². The van der Waals surface area contributed by atoms with Crippen molar-refractivity contribution in [3.63, 3.8) is 0 Å². The van der Waals surface area contributed by atoms with Crippen molar-refractivity contribution in [3.8, 4) is 0 Å². The van der Waals surface area contributed by atoms with Crippen molar-refractivity contribution in [2.24, 2.45) is 0 Å². The topological polar surface area (TPSA) is 29.1 Å². The summed E-state index contributed by atoms with van der Waals surface area (Å²) in [6.07, 6.45) is 3.59. The van der Waals surface area contributed by atoms with E-state index in [0.717, 1.165) is 17.7 Å². The highest BCUT2D eigenvalue weighted by atomic mass is 35.5. The van der Waals surface area contributed by atoms with Crippen LogP contribution < -0.4 is 5.32 Å². The summed E-state index contributed by atoms with van der Waals surface area (Å²) in [4.78, 5) is 13.2. The number of amides is 1. The quantitative estimate of drug-likeness (QED) is 0.630. The summed E-state index contributed by atoms with van der Waals surface area (Å²) in [5.41, 5.74) is 0.525. The van der Waals surface area contributed by atoms with Crippen LogP contribution in [0.15, 0.2) is 23.1 Å². The highest BCUT2D eigenvalue weighted by molar-refractivity contribution is 7.98. The molecule has 1 aromatic rings. The molecule has 0 radical (unpaired) electrons. The van der Waals surface area contributed by atoms with Gasteiger partial charge in [-0.25, -0.2) is 0 Å². The molecule has 1 N–H and O–H groups in total. The third-order valence-electron chi connectivity index (χ3n) is 2.70. The Kier molecular flexibility index (Phi) is 6.90. The molecule has 0 spiro atoms. The molecule has 0 saturated carbocycles. The fourth-order valence-electron chi connectivity index (χ4n) is 1.58. The van der Waals surface area contributed by atoms with Gasteiger partial charge in [-0.3, -0.25) is 4.79 Å². The molecule has 0 fully saturated rings. The van der Waals surface area contributed by atoms with Crippen LogP contribution in [0, 0.1) is 0 Å². The Morgan fingerprint density at radius 3 is 2.78 bits per heavy atom. The number of halogens is 2. The van der Waals surface area contributed by atoms with Crippen LogP contribution in [0.5, 0.6) is 0 Å². The van der Waals surface area contributed by atoms with Crippen LogP contribution in [0.1, 0.15) is 30.1 Å². The molecule has 1 atom stereocenters. The van der Waals surface area contributed by atoms with Crippen molar-refractivity contribution in [2.45, 2.75) is 30.7 Å². The molecule has 100 valence electrons. The number of rotatable bonds is 6. The van der Waals surface area contributed by atoms with Crippen molar-refractivity contribution < 1.29 is 4.79 Å². The van der Waals surface area contributed by atoms with Gasteiger partial charge in [-0.05, 0) is 37.3 Å². The lowest BCUT2D eigenvalue weighted by atomic mass is 10.1. The molecule has 0 heterocycles. The number of carbonyl (C=O) groups excluding carboxylic acids is 1. The highest BCUT2D eigenvalue weighted by Crippen LogP contribution is 2.23. The monoisotopic (exact) mass is 305 g/mol. The third kappa shape index (κ3) is 4.38. The maximum absolute atomic E-state index is 12.1. The van der Waals surface area contributed by atoms with Gasteiger partial charge in [0.05, 0.1) is 10.6 Å². The number of thioether (sulfide) groups is 1. The van der Waals surface area contributed by atoms with E-state index >= 15 is 0 Å². The van der Waals surface area contributed by atoms with Crippen LogP contribution in [-0.2, 0) is 0 Å². The molecule has 0 aliphatic heterocycles. The molecular formula is C13H17Cl2NOS. The summed E-state index contributed by atoms with van der Waals surface area (Å²) in [5, 5.41) is 3.44. The molecule has 0 aliphatic carbocycles. The largest absolute Gasteiger partial charge is 0.349 e. The second kappa shape index (κ2) is 7.93. The molecular weight excluding hydrogens is 289 g/mol. The minimum Gasteiger partial charge on any atom is -0.349 e. The van der Waals surface area contributed by atoms with E-state index in [-0.39, 0.29) is 11.9 Å². The van der Waals surface area contributed by atoms with E-state index in [2.05, 4.69) is 5.32 Å². The van der Waals surface area contributed by atoms with Crippen LogP contribution in [-0.4, -0.2) is 24.1 Å². The predicted octanol–water partition coefficient (Wildman–Crippen LogP) is 4.20. The zero-order valence-electron chi connectivity index (χ0n) is 10.5. The molecule has 1 unspecified atom stereocenters. The number of carbonyl (C=O) groups is 1. The number of nitrogens with one attached hydrogen (secondary N) is 1. The van der Waals surface area contributed by atoms with Gasteiger partial charge in [0.1, 0.15) is 0 Å². The Bertz CT molecular complexity index is 412. The maximum atomic E-state index is 12.1. The van der Waals surface area contributed by atoms with Crippen molar-refractivity contribution >= 4 is 40.9 Å². The first kappa shape index (κ1) is 15.7. The fourth-order valence-corrected chi connectivity index (χ4v) is 2.49. The lowest BCUT2D eigenvalue weighted by Gasteiger charge is -2.16. The minimum absolute atomic E-state index is 0.101. The Hall–Kier alpha value is -0.380. The van der Waals surface area contributed by atoms with Crippen LogP contribution in [0.25, 0.3) is 0 Å². The van der Waals surface area contributed by atoms with E-state index in [0.29, 0.717) is 16.5 Å². The van der Waals surface area contributed by atoms with Gasteiger partial charge in [0.15, 0.2) is 0 Å². The second-order valence-corrected chi connectivity index (χ2v) is 5.57. The molecule has 0 saturated heterocycles. The van der Waals surface area contributed by atoms with Crippen LogP contribution in [0.4, 0.5) is 0 Å². The number of hydrogen-bond donors (Lipinski definition) is 1. The lowest BCUT2D eigenvalue weighted by Crippen LogP contribution is -2.34. The smallest absolute Gasteiger partial charge is 0.253 e. The van der Waals surface area contributed by atoms with Crippen molar-refractivity contribution in [2.75, 3.05) is 12.1 Å². The first-order valence-electron chi connectivity index (χ1n) is 5.82. The Balaban J connectivity index is 2.82. The van der Waals surface area contributed by atoms with Crippen LogP contribution >= 0.6 is 35.0 Å². The van der Waals surface area contributed by atoms with Gasteiger partial charge in [-0.1, -0.05) is 18.5 Å². The van der Waals surface area contributed by atoms with Gasteiger partial charge in [0, 0.05) is 16.8 Å². The summed E-state index contributed by atoms with van der Waals surface area (Å²) >= 11 is 13.3. The van der Waals surface area contributed by atoms with Crippen molar-refractivity contribution in [1.29, 1.82) is 0 Å². The van der Waals surface area contributed by atoms with Gasteiger partial charge in [-0.15, -0.1) is 23.4 Å². The molecule has 5 heteroatoms. The minimum atomic E-state index is -0.132. The number of alkyl halides is 1. The van der Waals surface area contributed by atoms with Gasteiger partial charge in [-0.2, -0.15) is 0 Å². The maximum Gasteiger partial charge on any atom is 0.253 e. The summed E-state index contributed by atoms with van der Waals surface area (Å²) in [5.74, 6) is 0.407. The molecule has 0 aromatic heterocycles. The summed E-state index contributed by atoms with van der Waals surface area (Å²) in [7, 11) is 0. The zero-order valence-corrected chi connectivity index (χ0v) is 12.8. The van der Waals surface area contributed by atoms with Crippen LogP contribution in [0.2, 0.25) is 5.02 Å². The Morgan fingerprint density at radius 2 is 2.22 bits per heavy atom. The summed E-state index contributed by atoms with van der Waals surface area (Å²) in [6, 6.07) is 5.57. The predicted molar refractivity (Wildman–Crippen MR) is 80.1 cm³/mol. The fraction of sp³-hybridized carbons (Fsp3) is 0.462. The van der Waals surface area contributed by atoms with Gasteiger partial charge < -0.3 is 5.32 Å². The van der Waals surface area contributed by atoms with Crippen molar-refractivity contribution in [3.05, 3.63) is 28.8 Å². The van der Waals surface area contributed by atoms with E-state index in [9.17, 15) is 4.79 Å². The summed E-state index contributed by atoms with van der Waals surface area (Å²) < 4.78 is 0. The Morgan fingerprint density at radius 1 is 1.50 bits per heavy atom.